The van der Waals surface area contributed by atoms with E-state index in [1.807, 2.05) is 24.9 Å². The number of hydrogen-bond donors (Lipinski definition) is 1. The van der Waals surface area contributed by atoms with Gasteiger partial charge in [0.2, 0.25) is 0 Å². The Labute approximate surface area is 126 Å². The summed E-state index contributed by atoms with van der Waals surface area (Å²) in [6.07, 6.45) is 3.87. The van der Waals surface area contributed by atoms with E-state index in [-0.39, 0.29) is 0 Å². The zero-order chi connectivity index (χ0) is 15.4. The highest BCUT2D eigenvalue weighted by atomic mass is 15.3. The Morgan fingerprint density at radius 1 is 1.29 bits per heavy atom. The number of hydrogen-bond acceptors (Lipinski definition) is 4. The quantitative estimate of drug-likeness (QED) is 0.886. The van der Waals surface area contributed by atoms with Crippen molar-refractivity contribution in [3.8, 4) is 11.4 Å². The highest BCUT2D eigenvalue weighted by molar-refractivity contribution is 5.59. The molecule has 1 N–H and O–H groups in total. The molecule has 2 heterocycles. The molecule has 0 saturated carbocycles. The van der Waals surface area contributed by atoms with Gasteiger partial charge in [-0.2, -0.15) is 5.10 Å². The molecular formula is C16H25N5. The number of aromatic nitrogens is 4. The van der Waals surface area contributed by atoms with Gasteiger partial charge in [0.1, 0.15) is 5.82 Å². The summed E-state index contributed by atoms with van der Waals surface area (Å²) in [6.45, 7) is 9.52. The van der Waals surface area contributed by atoms with Gasteiger partial charge < -0.3 is 5.32 Å². The zero-order valence-electron chi connectivity index (χ0n) is 13.6. The van der Waals surface area contributed by atoms with E-state index in [0.717, 1.165) is 48.0 Å². The van der Waals surface area contributed by atoms with Gasteiger partial charge in [0.15, 0.2) is 5.82 Å². The van der Waals surface area contributed by atoms with Crippen LogP contribution < -0.4 is 5.32 Å². The number of nitrogens with zero attached hydrogens (tertiary/aromatic N) is 4. The van der Waals surface area contributed by atoms with Gasteiger partial charge in [-0.15, -0.1) is 0 Å². The topological polar surface area (TPSA) is 55.6 Å². The van der Waals surface area contributed by atoms with E-state index < -0.39 is 0 Å². The van der Waals surface area contributed by atoms with Crippen LogP contribution in [-0.4, -0.2) is 26.3 Å². The van der Waals surface area contributed by atoms with Crippen LogP contribution in [0.4, 0.5) is 5.82 Å². The van der Waals surface area contributed by atoms with Crippen molar-refractivity contribution >= 4 is 5.82 Å². The molecule has 21 heavy (non-hydrogen) atoms. The van der Waals surface area contributed by atoms with Crippen molar-refractivity contribution in [3.63, 3.8) is 0 Å². The first-order chi connectivity index (χ1) is 10.0. The van der Waals surface area contributed by atoms with Crippen LogP contribution in [0.1, 0.15) is 38.6 Å². The fourth-order valence-electron chi connectivity index (χ4n) is 2.20. The monoisotopic (exact) mass is 287 g/mol. The van der Waals surface area contributed by atoms with Gasteiger partial charge in [0.25, 0.3) is 0 Å². The summed E-state index contributed by atoms with van der Waals surface area (Å²) < 4.78 is 1.85. The molecule has 0 saturated heterocycles. The number of rotatable bonds is 6. The van der Waals surface area contributed by atoms with Crippen molar-refractivity contribution in [2.45, 2.75) is 40.5 Å². The molecular weight excluding hydrogens is 262 g/mol. The molecule has 0 bridgehead atoms. The summed E-state index contributed by atoms with van der Waals surface area (Å²) in [4.78, 5) is 9.37. The Bertz CT molecular complexity index is 601. The minimum Gasteiger partial charge on any atom is -0.370 e. The second-order valence-electron chi connectivity index (χ2n) is 5.86. The molecule has 0 aliphatic carbocycles. The van der Waals surface area contributed by atoms with Gasteiger partial charge in [-0.05, 0) is 25.7 Å². The van der Waals surface area contributed by atoms with Crippen LogP contribution in [0.15, 0.2) is 12.3 Å². The largest absolute Gasteiger partial charge is 0.370 e. The molecule has 114 valence electrons. The predicted octanol–water partition coefficient (Wildman–Crippen LogP) is 3.21. The summed E-state index contributed by atoms with van der Waals surface area (Å²) in [5, 5.41) is 7.66. The second-order valence-corrected chi connectivity index (χ2v) is 5.86. The SMILES string of the molecule is CCCNc1cc(CC(C)C)nc(-c2cnn(C)c2C)n1. The van der Waals surface area contributed by atoms with Gasteiger partial charge in [0.05, 0.1) is 11.8 Å². The molecule has 2 rings (SSSR count). The summed E-state index contributed by atoms with van der Waals surface area (Å²) in [5.41, 5.74) is 3.16. The smallest absolute Gasteiger partial charge is 0.165 e. The first-order valence-electron chi connectivity index (χ1n) is 7.62. The number of anilines is 1. The Hall–Kier alpha value is -1.91. The summed E-state index contributed by atoms with van der Waals surface area (Å²) in [5.74, 6) is 2.24. The normalized spacial score (nSPS) is 11.1. The molecule has 0 amide bonds. The van der Waals surface area contributed by atoms with Crippen LogP contribution in [0.25, 0.3) is 11.4 Å². The third kappa shape index (κ3) is 3.80. The number of nitrogens with one attached hydrogen (secondary N) is 1. The Morgan fingerprint density at radius 3 is 2.62 bits per heavy atom. The molecule has 0 aliphatic rings. The molecule has 0 aliphatic heterocycles. The molecule has 5 nitrogen and oxygen atoms in total. The lowest BCUT2D eigenvalue weighted by molar-refractivity contribution is 0.634. The third-order valence-corrected chi connectivity index (χ3v) is 3.43. The lowest BCUT2D eigenvalue weighted by Crippen LogP contribution is -2.07. The molecule has 5 heteroatoms. The van der Waals surface area contributed by atoms with E-state index >= 15 is 0 Å². The predicted molar refractivity (Wildman–Crippen MR) is 86.3 cm³/mol. The van der Waals surface area contributed by atoms with Crippen LogP contribution in [0, 0.1) is 12.8 Å². The van der Waals surface area contributed by atoms with Gasteiger partial charge >= 0.3 is 0 Å². The van der Waals surface area contributed by atoms with Gasteiger partial charge in [-0.3, -0.25) is 4.68 Å². The van der Waals surface area contributed by atoms with Crippen molar-refractivity contribution in [3.05, 3.63) is 23.7 Å². The fraction of sp³-hybridized carbons (Fsp3) is 0.562. The van der Waals surface area contributed by atoms with Crippen molar-refractivity contribution in [1.29, 1.82) is 0 Å². The van der Waals surface area contributed by atoms with E-state index in [2.05, 4.69) is 42.2 Å². The van der Waals surface area contributed by atoms with Crippen LogP contribution in [0.5, 0.6) is 0 Å². The summed E-state index contributed by atoms with van der Waals surface area (Å²) in [7, 11) is 1.94. The van der Waals surface area contributed by atoms with E-state index in [1.165, 1.54) is 0 Å². The summed E-state index contributed by atoms with van der Waals surface area (Å²) >= 11 is 0. The van der Waals surface area contributed by atoms with E-state index in [9.17, 15) is 0 Å². The van der Waals surface area contributed by atoms with Crippen LogP contribution >= 0.6 is 0 Å². The van der Waals surface area contributed by atoms with E-state index in [0.29, 0.717) is 5.92 Å². The lowest BCUT2D eigenvalue weighted by atomic mass is 10.1. The Morgan fingerprint density at radius 2 is 2.05 bits per heavy atom. The fourth-order valence-corrected chi connectivity index (χ4v) is 2.20. The zero-order valence-corrected chi connectivity index (χ0v) is 13.6. The van der Waals surface area contributed by atoms with Crippen LogP contribution in [0.3, 0.4) is 0 Å². The van der Waals surface area contributed by atoms with Crippen molar-refractivity contribution < 1.29 is 0 Å². The average Bonchev–Trinajstić information content (AvgIpc) is 2.76. The van der Waals surface area contributed by atoms with E-state index in [1.54, 1.807) is 0 Å². The average molecular weight is 287 g/mol. The maximum atomic E-state index is 4.72. The molecule has 0 atom stereocenters. The maximum Gasteiger partial charge on any atom is 0.165 e. The number of aryl methyl sites for hydroxylation is 1. The summed E-state index contributed by atoms with van der Waals surface area (Å²) in [6, 6.07) is 2.06. The molecule has 0 radical (unpaired) electrons. The second kappa shape index (κ2) is 6.70. The molecule has 2 aromatic rings. The van der Waals surface area contributed by atoms with Crippen LogP contribution in [0.2, 0.25) is 0 Å². The van der Waals surface area contributed by atoms with Gasteiger partial charge in [-0.25, -0.2) is 9.97 Å². The van der Waals surface area contributed by atoms with Crippen molar-refractivity contribution in [2.24, 2.45) is 13.0 Å². The first-order valence-corrected chi connectivity index (χ1v) is 7.62. The first kappa shape index (κ1) is 15.5. The van der Waals surface area contributed by atoms with Crippen molar-refractivity contribution in [2.75, 3.05) is 11.9 Å². The Kier molecular flexibility index (Phi) is 4.94. The Balaban J connectivity index is 2.41. The van der Waals surface area contributed by atoms with Gasteiger partial charge in [-0.1, -0.05) is 20.8 Å². The molecule has 0 fully saturated rings. The molecule has 0 unspecified atom stereocenters. The highest BCUT2D eigenvalue weighted by Gasteiger charge is 2.12. The maximum absolute atomic E-state index is 4.72. The van der Waals surface area contributed by atoms with Gasteiger partial charge in [0, 0.05) is 31.0 Å². The molecule has 0 aromatic carbocycles. The standard InChI is InChI=1S/C16H25N5/c1-6-7-17-15-9-13(8-11(2)3)19-16(20-15)14-10-18-21(5)12(14)4/h9-11H,6-8H2,1-5H3,(H,17,19,20). The third-order valence-electron chi connectivity index (χ3n) is 3.43. The lowest BCUT2D eigenvalue weighted by Gasteiger charge is -2.11. The highest BCUT2D eigenvalue weighted by Crippen LogP contribution is 2.22. The van der Waals surface area contributed by atoms with E-state index in [4.69, 9.17) is 4.98 Å². The van der Waals surface area contributed by atoms with Crippen LogP contribution in [-0.2, 0) is 13.5 Å². The van der Waals surface area contributed by atoms with Crippen molar-refractivity contribution in [1.82, 2.24) is 19.7 Å². The molecule has 0 spiro atoms. The minimum absolute atomic E-state index is 0.571. The molecule has 2 aromatic heterocycles. The minimum atomic E-state index is 0.571.